The first-order valence-electron chi connectivity index (χ1n) is 9.38. The number of thioether (sulfide) groups is 1. The summed E-state index contributed by atoms with van der Waals surface area (Å²) in [7, 11) is -3.71. The van der Waals surface area contributed by atoms with Gasteiger partial charge in [-0.05, 0) is 37.6 Å². The van der Waals surface area contributed by atoms with Gasteiger partial charge in [-0.25, -0.2) is 8.42 Å². The van der Waals surface area contributed by atoms with Crippen LogP contribution in [0.25, 0.3) is 0 Å². The first kappa shape index (κ1) is 21.4. The summed E-state index contributed by atoms with van der Waals surface area (Å²) >= 11 is 1.51. The second kappa shape index (κ2) is 9.00. The van der Waals surface area contributed by atoms with E-state index in [4.69, 9.17) is 0 Å². The van der Waals surface area contributed by atoms with Crippen LogP contribution in [-0.4, -0.2) is 31.2 Å². The van der Waals surface area contributed by atoms with Crippen LogP contribution >= 0.6 is 11.8 Å². The fraction of sp³-hybridized carbons (Fsp3) is 0.333. The van der Waals surface area contributed by atoms with E-state index in [0.717, 1.165) is 16.0 Å². The number of benzene rings is 2. The van der Waals surface area contributed by atoms with E-state index in [-0.39, 0.29) is 23.1 Å². The lowest BCUT2D eigenvalue weighted by Gasteiger charge is -2.15. The van der Waals surface area contributed by atoms with Crippen LogP contribution in [0.2, 0.25) is 0 Å². The third-order valence-corrected chi connectivity index (χ3v) is 7.97. The van der Waals surface area contributed by atoms with E-state index in [2.05, 4.69) is 10.6 Å². The van der Waals surface area contributed by atoms with Crippen molar-refractivity contribution in [1.82, 2.24) is 5.32 Å². The number of rotatable bonds is 6. The summed E-state index contributed by atoms with van der Waals surface area (Å²) in [6.45, 7) is 3.87. The molecule has 0 bridgehead atoms. The van der Waals surface area contributed by atoms with Gasteiger partial charge in [0.05, 0.1) is 15.8 Å². The van der Waals surface area contributed by atoms with Crippen LogP contribution < -0.4 is 10.6 Å². The minimum atomic E-state index is -3.71. The van der Waals surface area contributed by atoms with Gasteiger partial charge in [-0.3, -0.25) is 9.59 Å². The number of carbonyl (C=O) groups excluding carboxylic acids is 2. The first-order valence-corrected chi connectivity index (χ1v) is 11.9. The topological polar surface area (TPSA) is 92.3 Å². The second-order valence-electron chi connectivity index (χ2n) is 7.13. The highest BCUT2D eigenvalue weighted by Crippen LogP contribution is 2.33. The van der Waals surface area contributed by atoms with Gasteiger partial charge in [-0.1, -0.05) is 29.8 Å². The van der Waals surface area contributed by atoms with E-state index < -0.39 is 15.1 Å². The first-order chi connectivity index (χ1) is 13.8. The molecule has 0 aromatic heterocycles. The Hall–Kier alpha value is -2.32. The number of anilines is 1. The van der Waals surface area contributed by atoms with Crippen molar-refractivity contribution in [3.8, 4) is 0 Å². The van der Waals surface area contributed by atoms with Crippen molar-refractivity contribution in [2.45, 2.75) is 48.3 Å². The molecular weight excluding hydrogens is 408 g/mol. The molecule has 0 radical (unpaired) electrons. The number of amides is 2. The smallest absolute Gasteiger partial charge is 0.225 e. The Bertz CT molecular complexity index is 1020. The molecule has 8 heteroatoms. The van der Waals surface area contributed by atoms with Gasteiger partial charge in [0.25, 0.3) is 0 Å². The predicted octanol–water partition coefficient (Wildman–Crippen LogP) is 3.30. The molecule has 2 aromatic carbocycles. The minimum Gasteiger partial charge on any atom is -0.352 e. The number of hydrogen-bond donors (Lipinski definition) is 2. The monoisotopic (exact) mass is 432 g/mol. The quantitative estimate of drug-likeness (QED) is 0.731. The Balaban J connectivity index is 1.66. The summed E-state index contributed by atoms with van der Waals surface area (Å²) in [4.78, 5) is 25.0. The SMILES string of the molecule is Cc1ccc(CNC(=O)C[C@H](C)S(=O)(=O)c2ccc3c(c2)NC(=O)CCS3)cc1. The summed E-state index contributed by atoms with van der Waals surface area (Å²) in [5, 5.41) is 4.64. The highest BCUT2D eigenvalue weighted by Gasteiger charge is 2.27. The maximum Gasteiger partial charge on any atom is 0.225 e. The van der Waals surface area contributed by atoms with Crippen LogP contribution in [0.1, 0.15) is 30.9 Å². The van der Waals surface area contributed by atoms with Gasteiger partial charge in [-0.15, -0.1) is 11.8 Å². The van der Waals surface area contributed by atoms with Crippen molar-refractivity contribution < 1.29 is 18.0 Å². The molecule has 0 fully saturated rings. The Kier molecular flexibility index (Phi) is 6.64. The average molecular weight is 433 g/mol. The van der Waals surface area contributed by atoms with Crippen molar-refractivity contribution in [3.63, 3.8) is 0 Å². The van der Waals surface area contributed by atoms with Crippen molar-refractivity contribution >= 4 is 39.1 Å². The average Bonchev–Trinajstić information content (AvgIpc) is 2.87. The van der Waals surface area contributed by atoms with Gasteiger partial charge in [-0.2, -0.15) is 0 Å². The normalized spacial score (nSPS) is 15.0. The molecule has 2 aromatic rings. The molecule has 3 rings (SSSR count). The lowest BCUT2D eigenvalue weighted by molar-refractivity contribution is -0.121. The summed E-state index contributed by atoms with van der Waals surface area (Å²) in [6.07, 6.45) is 0.255. The zero-order valence-corrected chi connectivity index (χ0v) is 18.0. The summed E-state index contributed by atoms with van der Waals surface area (Å²) in [5.74, 6) is 0.206. The van der Waals surface area contributed by atoms with E-state index in [9.17, 15) is 18.0 Å². The van der Waals surface area contributed by atoms with E-state index in [0.29, 0.717) is 24.4 Å². The van der Waals surface area contributed by atoms with E-state index in [1.165, 1.54) is 24.8 Å². The van der Waals surface area contributed by atoms with Gasteiger partial charge in [0.2, 0.25) is 11.8 Å². The fourth-order valence-corrected chi connectivity index (χ4v) is 5.27. The van der Waals surface area contributed by atoms with Gasteiger partial charge in [0.15, 0.2) is 9.84 Å². The number of fused-ring (bicyclic) bond motifs is 1. The fourth-order valence-electron chi connectivity index (χ4n) is 2.96. The predicted molar refractivity (Wildman–Crippen MR) is 115 cm³/mol. The van der Waals surface area contributed by atoms with Gasteiger partial charge in [0, 0.05) is 30.0 Å². The zero-order chi connectivity index (χ0) is 21.0. The third kappa shape index (κ3) is 5.39. The molecule has 29 heavy (non-hydrogen) atoms. The van der Waals surface area contributed by atoms with Gasteiger partial charge >= 0.3 is 0 Å². The molecule has 1 aliphatic heterocycles. The molecular formula is C21H24N2O4S2. The molecule has 0 aliphatic carbocycles. The van der Waals surface area contributed by atoms with Crippen LogP contribution in [0.4, 0.5) is 5.69 Å². The Morgan fingerprint density at radius 2 is 1.93 bits per heavy atom. The lowest BCUT2D eigenvalue weighted by atomic mass is 10.1. The Morgan fingerprint density at radius 3 is 2.66 bits per heavy atom. The molecule has 154 valence electrons. The Labute approximate surface area is 175 Å². The van der Waals surface area contributed by atoms with E-state index >= 15 is 0 Å². The largest absolute Gasteiger partial charge is 0.352 e. The van der Waals surface area contributed by atoms with Crippen LogP contribution in [0.3, 0.4) is 0 Å². The van der Waals surface area contributed by atoms with Crippen molar-refractivity contribution in [2.75, 3.05) is 11.1 Å². The van der Waals surface area contributed by atoms with Crippen LogP contribution in [0, 0.1) is 6.92 Å². The van der Waals surface area contributed by atoms with E-state index in [1.807, 2.05) is 31.2 Å². The van der Waals surface area contributed by atoms with Crippen LogP contribution in [0.15, 0.2) is 52.3 Å². The lowest BCUT2D eigenvalue weighted by Crippen LogP contribution is -2.29. The van der Waals surface area contributed by atoms with E-state index in [1.54, 1.807) is 12.1 Å². The standard InChI is InChI=1S/C21H24N2O4S2/c1-14-3-5-16(6-4-14)13-22-21(25)11-15(2)29(26,27)17-7-8-19-18(12-17)23-20(24)9-10-28-19/h3-8,12,15H,9-11,13H2,1-2H3,(H,22,25)(H,23,24)/t15-/m0/s1. The van der Waals surface area contributed by atoms with Crippen LogP contribution in [-0.2, 0) is 26.0 Å². The number of hydrogen-bond acceptors (Lipinski definition) is 5. The van der Waals surface area contributed by atoms with Crippen molar-refractivity contribution in [2.24, 2.45) is 0 Å². The number of nitrogens with one attached hydrogen (secondary N) is 2. The number of carbonyl (C=O) groups is 2. The molecule has 2 N–H and O–H groups in total. The summed E-state index contributed by atoms with van der Waals surface area (Å²) in [5.41, 5.74) is 2.60. The van der Waals surface area contributed by atoms with Crippen molar-refractivity contribution in [3.05, 3.63) is 53.6 Å². The molecule has 0 saturated heterocycles. The molecule has 0 spiro atoms. The Morgan fingerprint density at radius 1 is 1.21 bits per heavy atom. The molecule has 6 nitrogen and oxygen atoms in total. The third-order valence-electron chi connectivity index (χ3n) is 4.75. The summed E-state index contributed by atoms with van der Waals surface area (Å²) < 4.78 is 25.9. The molecule has 0 unspecified atom stereocenters. The van der Waals surface area contributed by atoms with Gasteiger partial charge in [0.1, 0.15) is 0 Å². The van der Waals surface area contributed by atoms with Gasteiger partial charge < -0.3 is 10.6 Å². The summed E-state index contributed by atoms with van der Waals surface area (Å²) in [6, 6.07) is 12.5. The zero-order valence-electron chi connectivity index (χ0n) is 16.4. The highest BCUT2D eigenvalue weighted by atomic mass is 32.2. The molecule has 2 amide bonds. The minimum absolute atomic E-state index is 0.109. The molecule has 0 saturated carbocycles. The maximum atomic E-state index is 12.9. The molecule has 1 atom stereocenters. The maximum absolute atomic E-state index is 12.9. The van der Waals surface area contributed by atoms with Crippen LogP contribution in [0.5, 0.6) is 0 Å². The molecule has 1 heterocycles. The number of sulfone groups is 1. The molecule has 1 aliphatic rings. The second-order valence-corrected chi connectivity index (χ2v) is 10.6. The number of aryl methyl sites for hydroxylation is 1. The highest BCUT2D eigenvalue weighted by molar-refractivity contribution is 7.99. The van der Waals surface area contributed by atoms with Crippen molar-refractivity contribution in [1.29, 1.82) is 0 Å².